The van der Waals surface area contributed by atoms with Gasteiger partial charge in [-0.2, -0.15) is 65.9 Å². The fourth-order valence-electron chi connectivity index (χ4n) is 3.05. The van der Waals surface area contributed by atoms with Crippen molar-refractivity contribution in [1.29, 1.82) is 0 Å². The van der Waals surface area contributed by atoms with E-state index in [2.05, 4.69) is 0 Å². The highest BCUT2D eigenvalue weighted by Gasteiger charge is 2.93. The lowest BCUT2D eigenvalue weighted by Gasteiger charge is -2.42. The van der Waals surface area contributed by atoms with E-state index in [0.717, 1.165) is 12.1 Å². The van der Waals surface area contributed by atoms with Crippen LogP contribution < -0.4 is 0 Å². The quantitative estimate of drug-likeness (QED) is 0.286. The summed E-state index contributed by atoms with van der Waals surface area (Å²) in [4.78, 5) is 0. The Balaban J connectivity index is 3.48. The Morgan fingerprint density at radius 1 is 0.639 bits per heavy atom. The highest BCUT2D eigenvalue weighted by atomic mass is 19.4. The summed E-state index contributed by atoms with van der Waals surface area (Å²) in [5.41, 5.74) is -3.31. The van der Waals surface area contributed by atoms with Crippen LogP contribution in [0.1, 0.15) is 50.7 Å². The predicted octanol–water partition coefficient (Wildman–Crippen LogP) is 8.17. The SMILES string of the molecule is CCC(C)c1ccc(C(C)(O)CC(F)(F)C(F)(F)C(F)(F)C(F)(F)C(F)(F)C(F)(F)C(F)(F)F)cc1. The molecule has 0 bridgehead atoms. The first kappa shape index (κ1) is 32.2. The lowest BCUT2D eigenvalue weighted by atomic mass is 9.83. The number of alkyl halides is 15. The van der Waals surface area contributed by atoms with Crippen LogP contribution in [-0.4, -0.2) is 46.8 Å². The molecule has 2 atom stereocenters. The molecule has 0 radical (unpaired) electrons. The summed E-state index contributed by atoms with van der Waals surface area (Å²) in [7, 11) is 0. The van der Waals surface area contributed by atoms with E-state index in [9.17, 15) is 71.0 Å². The summed E-state index contributed by atoms with van der Waals surface area (Å²) < 4.78 is 200. The number of halogens is 15. The van der Waals surface area contributed by atoms with E-state index in [4.69, 9.17) is 0 Å². The van der Waals surface area contributed by atoms with Crippen LogP contribution in [0.25, 0.3) is 0 Å². The van der Waals surface area contributed by atoms with Crippen LogP contribution in [0.4, 0.5) is 65.9 Å². The minimum atomic E-state index is -8.35. The summed E-state index contributed by atoms with van der Waals surface area (Å²) >= 11 is 0. The van der Waals surface area contributed by atoms with Gasteiger partial charge in [0.15, 0.2) is 0 Å². The molecule has 16 heteroatoms. The zero-order valence-corrected chi connectivity index (χ0v) is 18.4. The van der Waals surface area contributed by atoms with Gasteiger partial charge in [0.25, 0.3) is 0 Å². The molecule has 0 amide bonds. The third kappa shape index (κ3) is 4.85. The van der Waals surface area contributed by atoms with Crippen LogP contribution in [0.3, 0.4) is 0 Å². The molecule has 0 fully saturated rings. The first-order chi connectivity index (χ1) is 15.7. The maximum atomic E-state index is 14.2. The van der Waals surface area contributed by atoms with Gasteiger partial charge in [-0.05, 0) is 30.4 Å². The fourth-order valence-corrected chi connectivity index (χ4v) is 3.05. The maximum Gasteiger partial charge on any atom is 0.460 e. The van der Waals surface area contributed by atoms with Crippen molar-refractivity contribution in [2.45, 2.75) is 86.8 Å². The third-order valence-corrected chi connectivity index (χ3v) is 5.67. The topological polar surface area (TPSA) is 20.2 Å². The molecule has 210 valence electrons. The van der Waals surface area contributed by atoms with Crippen molar-refractivity contribution < 1.29 is 71.0 Å². The van der Waals surface area contributed by atoms with Gasteiger partial charge in [-0.3, -0.25) is 0 Å². The van der Waals surface area contributed by atoms with Gasteiger partial charge in [-0.25, -0.2) is 0 Å². The molecule has 1 N–H and O–H groups in total. The van der Waals surface area contributed by atoms with Crippen molar-refractivity contribution in [2.24, 2.45) is 0 Å². The van der Waals surface area contributed by atoms with Crippen LogP contribution in [-0.2, 0) is 5.60 Å². The number of hydrogen-bond donors (Lipinski definition) is 1. The Morgan fingerprint density at radius 3 is 1.36 bits per heavy atom. The van der Waals surface area contributed by atoms with E-state index in [1.807, 2.05) is 0 Å². The molecule has 1 rings (SSSR count). The molecule has 1 nitrogen and oxygen atoms in total. The van der Waals surface area contributed by atoms with Gasteiger partial charge in [-0.1, -0.05) is 38.1 Å². The number of hydrogen-bond acceptors (Lipinski definition) is 1. The van der Waals surface area contributed by atoms with Crippen molar-refractivity contribution in [2.75, 3.05) is 0 Å². The largest absolute Gasteiger partial charge is 0.460 e. The van der Waals surface area contributed by atoms with E-state index < -0.39 is 59.3 Å². The highest BCUT2D eigenvalue weighted by Crippen LogP contribution is 2.63. The van der Waals surface area contributed by atoms with E-state index in [1.54, 1.807) is 13.8 Å². The van der Waals surface area contributed by atoms with E-state index in [1.165, 1.54) is 12.1 Å². The predicted molar refractivity (Wildman–Crippen MR) is 95.1 cm³/mol. The molecular weight excluding hydrogens is 541 g/mol. The Morgan fingerprint density at radius 2 is 1.00 bits per heavy atom. The lowest BCUT2D eigenvalue weighted by molar-refractivity contribution is -0.453. The molecule has 0 aromatic heterocycles. The van der Waals surface area contributed by atoms with Gasteiger partial charge in [0.1, 0.15) is 0 Å². The molecule has 1 aromatic rings. The normalized spacial score (nSPS) is 17.6. The average molecular weight is 560 g/mol. The minimum absolute atomic E-state index is 0.118. The molecule has 0 aliphatic carbocycles. The molecule has 0 aliphatic rings. The van der Waals surface area contributed by atoms with Crippen LogP contribution in [0, 0.1) is 0 Å². The zero-order chi connectivity index (χ0) is 29.0. The molecule has 0 spiro atoms. The van der Waals surface area contributed by atoms with Crippen LogP contribution in [0.5, 0.6) is 0 Å². The summed E-state index contributed by atoms with van der Waals surface area (Å²) in [6.45, 7) is 3.81. The van der Waals surface area contributed by atoms with E-state index in [-0.39, 0.29) is 5.92 Å². The standard InChI is InChI=1S/C20H19F15O/c1-4-10(2)11-5-7-12(8-6-11)13(3,36)9-14(21,22)15(23,24)16(25,26)17(27,28)18(29,30)19(31,32)20(33,34)35/h5-8,10,36H,4,9H2,1-3H3. The summed E-state index contributed by atoms with van der Waals surface area (Å²) in [5, 5.41) is 10.2. The Hall–Kier alpha value is -1.87. The molecule has 2 unspecified atom stereocenters. The van der Waals surface area contributed by atoms with Gasteiger partial charge in [0.05, 0.1) is 12.0 Å². The summed E-state index contributed by atoms with van der Waals surface area (Å²) in [5.74, 6) is -47.2. The first-order valence-corrected chi connectivity index (χ1v) is 9.82. The molecule has 36 heavy (non-hydrogen) atoms. The zero-order valence-electron chi connectivity index (χ0n) is 18.4. The van der Waals surface area contributed by atoms with Crippen LogP contribution in [0.15, 0.2) is 24.3 Å². The molecule has 0 heterocycles. The van der Waals surface area contributed by atoms with Crippen LogP contribution in [0.2, 0.25) is 0 Å². The number of rotatable bonds is 10. The van der Waals surface area contributed by atoms with Crippen molar-refractivity contribution in [3.05, 3.63) is 35.4 Å². The van der Waals surface area contributed by atoms with E-state index in [0.29, 0.717) is 18.9 Å². The third-order valence-electron chi connectivity index (χ3n) is 5.67. The monoisotopic (exact) mass is 560 g/mol. The van der Waals surface area contributed by atoms with Gasteiger partial charge in [0.2, 0.25) is 0 Å². The number of aliphatic hydroxyl groups is 1. The summed E-state index contributed by atoms with van der Waals surface area (Å²) in [6, 6.07) is 4.22. The van der Waals surface area contributed by atoms with Gasteiger partial charge >= 0.3 is 41.7 Å². The Bertz CT molecular complexity index is 901. The Kier molecular flexibility index (Phi) is 8.18. The summed E-state index contributed by atoms with van der Waals surface area (Å²) in [6.07, 6.45) is -9.93. The van der Waals surface area contributed by atoms with Gasteiger partial charge < -0.3 is 5.11 Å². The fraction of sp³-hybridized carbons (Fsp3) is 0.700. The Labute approximate surface area is 194 Å². The lowest BCUT2D eigenvalue weighted by Crippen LogP contribution is -2.72. The molecule has 0 saturated carbocycles. The number of benzene rings is 1. The molecule has 1 aromatic carbocycles. The second-order valence-corrected chi connectivity index (χ2v) is 8.46. The molecular formula is C20H19F15O. The second kappa shape index (κ2) is 9.15. The molecule has 0 aliphatic heterocycles. The van der Waals surface area contributed by atoms with Crippen molar-refractivity contribution >= 4 is 0 Å². The smallest absolute Gasteiger partial charge is 0.385 e. The first-order valence-electron chi connectivity index (χ1n) is 9.82. The second-order valence-electron chi connectivity index (χ2n) is 8.46. The van der Waals surface area contributed by atoms with Gasteiger partial charge in [0, 0.05) is 0 Å². The highest BCUT2D eigenvalue weighted by molar-refractivity contribution is 5.29. The van der Waals surface area contributed by atoms with Crippen molar-refractivity contribution in [1.82, 2.24) is 0 Å². The molecule has 0 saturated heterocycles. The van der Waals surface area contributed by atoms with Crippen molar-refractivity contribution in [3.63, 3.8) is 0 Å². The average Bonchev–Trinajstić information content (AvgIpc) is 2.70. The van der Waals surface area contributed by atoms with Crippen molar-refractivity contribution in [3.8, 4) is 0 Å². The van der Waals surface area contributed by atoms with Crippen LogP contribution >= 0.6 is 0 Å². The maximum absolute atomic E-state index is 14.2. The minimum Gasteiger partial charge on any atom is -0.385 e. The van der Waals surface area contributed by atoms with E-state index >= 15 is 0 Å². The van der Waals surface area contributed by atoms with Gasteiger partial charge in [-0.15, -0.1) is 0 Å².